The minimum absolute atomic E-state index is 0.163. The average Bonchev–Trinajstić information content (AvgIpc) is 2.76. The summed E-state index contributed by atoms with van der Waals surface area (Å²) < 4.78 is 0. The Balaban J connectivity index is 2.36. The summed E-state index contributed by atoms with van der Waals surface area (Å²) in [5.41, 5.74) is 0.192. The predicted molar refractivity (Wildman–Crippen MR) is 75.7 cm³/mol. The zero-order chi connectivity index (χ0) is 13.6. The number of amides is 1. The molecule has 1 rings (SSSR count). The van der Waals surface area contributed by atoms with Crippen molar-refractivity contribution in [3.05, 3.63) is 0 Å². The smallest absolute Gasteiger partial charge is 0.221 e. The Kier molecular flexibility index (Phi) is 6.09. The summed E-state index contributed by atoms with van der Waals surface area (Å²) >= 11 is 0. The largest absolute Gasteiger partial charge is 0.354 e. The molecule has 0 aromatic heterocycles. The molecule has 4 heteroatoms. The molecule has 1 aliphatic carbocycles. The maximum absolute atomic E-state index is 11.9. The molecule has 0 saturated heterocycles. The molecule has 1 aliphatic rings. The molecule has 0 aromatic rings. The van der Waals surface area contributed by atoms with E-state index in [0.717, 1.165) is 13.1 Å². The number of hydrogen-bond donors (Lipinski definition) is 2. The van der Waals surface area contributed by atoms with Gasteiger partial charge in [-0.15, -0.1) is 0 Å². The van der Waals surface area contributed by atoms with Crippen LogP contribution >= 0.6 is 0 Å². The summed E-state index contributed by atoms with van der Waals surface area (Å²) in [6.07, 6.45) is 5.52. The summed E-state index contributed by atoms with van der Waals surface area (Å²) in [6, 6.07) is 0.258. The van der Waals surface area contributed by atoms with Crippen LogP contribution in [0.3, 0.4) is 0 Å². The minimum atomic E-state index is 0.163. The maximum Gasteiger partial charge on any atom is 0.221 e. The Bertz CT molecular complexity index is 260. The number of carbonyl (C=O) groups excluding carboxylic acids is 1. The Hall–Kier alpha value is -0.610. The fourth-order valence-electron chi connectivity index (χ4n) is 2.85. The zero-order valence-electron chi connectivity index (χ0n) is 12.4. The van der Waals surface area contributed by atoms with E-state index in [0.29, 0.717) is 6.42 Å². The molecule has 2 N–H and O–H groups in total. The van der Waals surface area contributed by atoms with Crippen LogP contribution in [-0.2, 0) is 4.79 Å². The third-order valence-corrected chi connectivity index (χ3v) is 4.14. The summed E-state index contributed by atoms with van der Waals surface area (Å²) in [4.78, 5) is 14.2. The molecule has 0 bridgehead atoms. The highest BCUT2D eigenvalue weighted by Crippen LogP contribution is 2.33. The van der Waals surface area contributed by atoms with Crippen LogP contribution in [0.1, 0.15) is 46.0 Å². The van der Waals surface area contributed by atoms with Gasteiger partial charge in [-0.1, -0.05) is 19.8 Å². The second-order valence-electron chi connectivity index (χ2n) is 5.77. The molecule has 0 radical (unpaired) electrons. The number of rotatable bonds is 7. The molecule has 1 atom stereocenters. The van der Waals surface area contributed by atoms with Gasteiger partial charge in [-0.25, -0.2) is 0 Å². The van der Waals surface area contributed by atoms with Gasteiger partial charge in [0.2, 0.25) is 5.91 Å². The lowest BCUT2D eigenvalue weighted by Crippen LogP contribution is -2.51. The van der Waals surface area contributed by atoms with E-state index in [1.165, 1.54) is 25.7 Å². The molecule has 1 fully saturated rings. The Labute approximate surface area is 111 Å². The van der Waals surface area contributed by atoms with Crippen LogP contribution in [0.15, 0.2) is 0 Å². The van der Waals surface area contributed by atoms with Crippen LogP contribution in [0.2, 0.25) is 0 Å². The molecule has 0 heterocycles. The predicted octanol–water partition coefficient (Wildman–Crippen LogP) is 1.37. The monoisotopic (exact) mass is 255 g/mol. The number of likely N-dealkylation sites (N-methyl/N-ethyl adjacent to an activating group) is 1. The van der Waals surface area contributed by atoms with E-state index >= 15 is 0 Å². The van der Waals surface area contributed by atoms with E-state index in [4.69, 9.17) is 0 Å². The molecule has 1 amide bonds. The lowest BCUT2D eigenvalue weighted by Gasteiger charge is -2.36. The van der Waals surface area contributed by atoms with Gasteiger partial charge < -0.3 is 15.5 Å². The van der Waals surface area contributed by atoms with Crippen LogP contribution in [0.4, 0.5) is 0 Å². The van der Waals surface area contributed by atoms with Crippen LogP contribution < -0.4 is 10.6 Å². The number of hydrogen-bond acceptors (Lipinski definition) is 3. The van der Waals surface area contributed by atoms with Crippen molar-refractivity contribution in [3.63, 3.8) is 0 Å². The van der Waals surface area contributed by atoms with Crippen molar-refractivity contribution in [1.82, 2.24) is 15.5 Å². The minimum Gasteiger partial charge on any atom is -0.354 e. The molecule has 106 valence electrons. The first-order valence-corrected chi connectivity index (χ1v) is 7.17. The maximum atomic E-state index is 11.9. The van der Waals surface area contributed by atoms with E-state index in [2.05, 4.69) is 43.5 Å². The molecule has 0 spiro atoms. The SMILES string of the molecule is CCNC(C)CC(=O)NCC1(N(C)C)CCCC1. The normalized spacial score (nSPS) is 20.1. The van der Waals surface area contributed by atoms with Crippen LogP contribution in [0.5, 0.6) is 0 Å². The molecular weight excluding hydrogens is 226 g/mol. The van der Waals surface area contributed by atoms with Gasteiger partial charge >= 0.3 is 0 Å². The molecular formula is C14H29N3O. The second kappa shape index (κ2) is 7.10. The van der Waals surface area contributed by atoms with Gasteiger partial charge in [-0.2, -0.15) is 0 Å². The van der Waals surface area contributed by atoms with Crippen molar-refractivity contribution in [2.24, 2.45) is 0 Å². The van der Waals surface area contributed by atoms with Crippen molar-refractivity contribution in [2.45, 2.75) is 57.5 Å². The van der Waals surface area contributed by atoms with Crippen molar-refractivity contribution in [1.29, 1.82) is 0 Å². The van der Waals surface area contributed by atoms with Crippen molar-refractivity contribution >= 4 is 5.91 Å². The number of carbonyl (C=O) groups is 1. The average molecular weight is 255 g/mol. The molecule has 0 aliphatic heterocycles. The number of nitrogens with zero attached hydrogens (tertiary/aromatic N) is 1. The third-order valence-electron chi connectivity index (χ3n) is 4.14. The molecule has 1 saturated carbocycles. The molecule has 1 unspecified atom stereocenters. The van der Waals surface area contributed by atoms with Crippen molar-refractivity contribution in [2.75, 3.05) is 27.2 Å². The van der Waals surface area contributed by atoms with Crippen LogP contribution in [0, 0.1) is 0 Å². The summed E-state index contributed by atoms with van der Waals surface area (Å²) in [5, 5.41) is 6.38. The Morgan fingerprint density at radius 2 is 1.94 bits per heavy atom. The summed E-state index contributed by atoms with van der Waals surface area (Å²) in [5.74, 6) is 0.163. The van der Waals surface area contributed by atoms with Gasteiger partial charge in [0.15, 0.2) is 0 Å². The van der Waals surface area contributed by atoms with E-state index in [1.807, 2.05) is 0 Å². The third kappa shape index (κ3) is 4.25. The molecule has 4 nitrogen and oxygen atoms in total. The highest BCUT2D eigenvalue weighted by Gasteiger charge is 2.36. The van der Waals surface area contributed by atoms with Crippen LogP contribution in [0.25, 0.3) is 0 Å². The summed E-state index contributed by atoms with van der Waals surface area (Å²) in [6.45, 7) is 5.82. The molecule has 0 aromatic carbocycles. The van der Waals surface area contributed by atoms with Gasteiger partial charge in [0.25, 0.3) is 0 Å². The van der Waals surface area contributed by atoms with Gasteiger partial charge in [-0.3, -0.25) is 4.79 Å². The van der Waals surface area contributed by atoms with Crippen molar-refractivity contribution < 1.29 is 4.79 Å². The Morgan fingerprint density at radius 3 is 2.44 bits per heavy atom. The van der Waals surface area contributed by atoms with Gasteiger partial charge in [0.1, 0.15) is 0 Å². The lowest BCUT2D eigenvalue weighted by molar-refractivity contribution is -0.122. The molecule has 18 heavy (non-hydrogen) atoms. The van der Waals surface area contributed by atoms with Gasteiger partial charge in [0, 0.05) is 24.5 Å². The standard InChI is InChI=1S/C14H29N3O/c1-5-15-12(2)10-13(18)16-11-14(17(3)4)8-6-7-9-14/h12,15H,5-11H2,1-4H3,(H,16,18). The Morgan fingerprint density at radius 1 is 1.33 bits per heavy atom. The van der Waals surface area contributed by atoms with Crippen LogP contribution in [-0.4, -0.2) is 49.6 Å². The first-order valence-electron chi connectivity index (χ1n) is 7.17. The van der Waals surface area contributed by atoms with E-state index < -0.39 is 0 Å². The zero-order valence-corrected chi connectivity index (χ0v) is 12.4. The fraction of sp³-hybridized carbons (Fsp3) is 0.929. The first kappa shape index (κ1) is 15.4. The quantitative estimate of drug-likeness (QED) is 0.722. The van der Waals surface area contributed by atoms with Crippen molar-refractivity contribution in [3.8, 4) is 0 Å². The number of nitrogens with one attached hydrogen (secondary N) is 2. The summed E-state index contributed by atoms with van der Waals surface area (Å²) in [7, 11) is 4.25. The topological polar surface area (TPSA) is 44.4 Å². The van der Waals surface area contributed by atoms with E-state index in [-0.39, 0.29) is 17.5 Å². The van der Waals surface area contributed by atoms with Gasteiger partial charge in [0.05, 0.1) is 0 Å². The second-order valence-corrected chi connectivity index (χ2v) is 5.77. The highest BCUT2D eigenvalue weighted by atomic mass is 16.1. The first-order chi connectivity index (χ1) is 8.50. The van der Waals surface area contributed by atoms with Gasteiger partial charge in [-0.05, 0) is 40.4 Å². The van der Waals surface area contributed by atoms with E-state index in [1.54, 1.807) is 0 Å². The van der Waals surface area contributed by atoms with E-state index in [9.17, 15) is 4.79 Å². The fourth-order valence-corrected chi connectivity index (χ4v) is 2.85. The lowest BCUT2D eigenvalue weighted by atomic mass is 9.96. The highest BCUT2D eigenvalue weighted by molar-refractivity contribution is 5.76.